The van der Waals surface area contributed by atoms with E-state index in [9.17, 15) is 9.59 Å². The second kappa shape index (κ2) is 8.63. The fourth-order valence-electron chi connectivity index (χ4n) is 3.87. The van der Waals surface area contributed by atoms with Crippen LogP contribution in [0.5, 0.6) is 0 Å². The third kappa shape index (κ3) is 4.51. The van der Waals surface area contributed by atoms with Gasteiger partial charge in [0.15, 0.2) is 5.17 Å². The molecule has 152 valence electrons. The molecule has 8 heteroatoms. The number of amides is 1. The lowest BCUT2D eigenvalue weighted by Crippen LogP contribution is -2.32. The molecule has 1 saturated heterocycles. The van der Waals surface area contributed by atoms with Gasteiger partial charge in [-0.3, -0.25) is 14.7 Å². The standard InChI is InChI=1S/C21H22ClN3O3S/c22-14-6-7-17-16(10-14)13(12-23-17)8-9-25-20(28)18(11-19(26)27)29-21(25)24-15-4-2-1-3-5-15/h6-7,10-12,15,23H,1-5,8-9H2,(H,26,27). The number of benzene rings is 1. The maximum Gasteiger partial charge on any atom is 0.329 e. The molecule has 0 atom stereocenters. The summed E-state index contributed by atoms with van der Waals surface area (Å²) in [4.78, 5) is 33.8. The maximum absolute atomic E-state index is 12.8. The Morgan fingerprint density at radius 3 is 2.90 bits per heavy atom. The van der Waals surface area contributed by atoms with Crippen molar-refractivity contribution in [1.82, 2.24) is 9.88 Å². The van der Waals surface area contributed by atoms with Crippen LogP contribution in [0, 0.1) is 0 Å². The highest BCUT2D eigenvalue weighted by Gasteiger charge is 2.34. The number of carboxylic acids is 1. The van der Waals surface area contributed by atoms with Crippen molar-refractivity contribution in [2.75, 3.05) is 6.54 Å². The van der Waals surface area contributed by atoms with Crippen molar-refractivity contribution >= 4 is 51.3 Å². The molecule has 2 fully saturated rings. The fourth-order valence-corrected chi connectivity index (χ4v) is 5.08. The van der Waals surface area contributed by atoms with E-state index in [0.717, 1.165) is 48.2 Å². The minimum absolute atomic E-state index is 0.206. The molecule has 2 heterocycles. The van der Waals surface area contributed by atoms with Crippen LogP contribution in [-0.2, 0) is 16.0 Å². The van der Waals surface area contributed by atoms with E-state index < -0.39 is 5.97 Å². The van der Waals surface area contributed by atoms with Gasteiger partial charge in [-0.05, 0) is 54.8 Å². The van der Waals surface area contributed by atoms with Crippen LogP contribution in [0.25, 0.3) is 10.9 Å². The summed E-state index contributed by atoms with van der Waals surface area (Å²) in [6.45, 7) is 0.438. The van der Waals surface area contributed by atoms with Crippen molar-refractivity contribution < 1.29 is 14.7 Å². The van der Waals surface area contributed by atoms with Crippen molar-refractivity contribution in [3.8, 4) is 0 Å². The number of aliphatic carboxylic acids is 1. The topological polar surface area (TPSA) is 85.8 Å². The number of aliphatic imine (C=N–C) groups is 1. The van der Waals surface area contributed by atoms with Crippen molar-refractivity contribution in [3.63, 3.8) is 0 Å². The van der Waals surface area contributed by atoms with Crippen LogP contribution >= 0.6 is 23.4 Å². The highest BCUT2D eigenvalue weighted by Crippen LogP contribution is 2.33. The van der Waals surface area contributed by atoms with Crippen molar-refractivity contribution in [2.24, 2.45) is 4.99 Å². The summed E-state index contributed by atoms with van der Waals surface area (Å²) < 4.78 is 0. The summed E-state index contributed by atoms with van der Waals surface area (Å²) in [6, 6.07) is 5.89. The fraction of sp³-hybridized carbons (Fsp3) is 0.381. The Hall–Kier alpha value is -2.25. The Balaban J connectivity index is 1.57. The summed E-state index contributed by atoms with van der Waals surface area (Å²) in [7, 11) is 0. The Morgan fingerprint density at radius 2 is 2.14 bits per heavy atom. The number of carboxylic acid groups (broad SMARTS) is 1. The van der Waals surface area contributed by atoms with Crippen molar-refractivity contribution in [3.05, 3.63) is 46.0 Å². The number of halogens is 1. The molecule has 4 rings (SSSR count). The predicted octanol–water partition coefficient (Wildman–Crippen LogP) is 4.60. The molecule has 0 radical (unpaired) electrons. The first-order valence-electron chi connectivity index (χ1n) is 9.79. The number of carbonyl (C=O) groups is 2. The number of nitrogens with zero attached hydrogens (tertiary/aromatic N) is 2. The highest BCUT2D eigenvalue weighted by atomic mass is 35.5. The van der Waals surface area contributed by atoms with E-state index in [4.69, 9.17) is 21.7 Å². The maximum atomic E-state index is 12.8. The molecule has 1 aliphatic heterocycles. The number of thioether (sulfide) groups is 1. The summed E-state index contributed by atoms with van der Waals surface area (Å²) in [5.74, 6) is -1.41. The molecule has 2 aliphatic rings. The third-order valence-electron chi connectivity index (χ3n) is 5.34. The summed E-state index contributed by atoms with van der Waals surface area (Å²) in [5, 5.41) is 11.4. The zero-order valence-corrected chi connectivity index (χ0v) is 17.4. The van der Waals surface area contributed by atoms with E-state index in [-0.39, 0.29) is 16.9 Å². The van der Waals surface area contributed by atoms with E-state index in [1.54, 1.807) is 4.90 Å². The molecule has 29 heavy (non-hydrogen) atoms. The van der Waals surface area contributed by atoms with Gasteiger partial charge in [0.1, 0.15) is 0 Å². The molecule has 1 amide bonds. The Bertz CT molecular complexity index is 1010. The lowest BCUT2D eigenvalue weighted by Gasteiger charge is -2.21. The molecule has 2 N–H and O–H groups in total. The number of carbonyl (C=O) groups excluding carboxylic acids is 1. The molecule has 1 aromatic carbocycles. The Labute approximate surface area is 178 Å². The number of aromatic amines is 1. The minimum atomic E-state index is -1.12. The smallest absolute Gasteiger partial charge is 0.329 e. The molecule has 0 bridgehead atoms. The van der Waals surface area contributed by atoms with E-state index in [0.29, 0.717) is 23.2 Å². The van der Waals surface area contributed by atoms with Gasteiger partial charge in [-0.2, -0.15) is 0 Å². The van der Waals surface area contributed by atoms with E-state index >= 15 is 0 Å². The van der Waals surface area contributed by atoms with Crippen LogP contribution in [0.1, 0.15) is 37.7 Å². The lowest BCUT2D eigenvalue weighted by molar-refractivity contribution is -0.132. The first-order valence-corrected chi connectivity index (χ1v) is 11.0. The number of fused-ring (bicyclic) bond motifs is 1. The van der Waals surface area contributed by atoms with Crippen LogP contribution in [-0.4, -0.2) is 44.6 Å². The van der Waals surface area contributed by atoms with Crippen LogP contribution in [0.2, 0.25) is 5.02 Å². The molecular weight excluding hydrogens is 410 g/mol. The number of amidine groups is 1. The van der Waals surface area contributed by atoms with Gasteiger partial charge in [0.05, 0.1) is 10.9 Å². The summed E-state index contributed by atoms with van der Waals surface area (Å²) >= 11 is 7.30. The number of hydrogen-bond acceptors (Lipinski definition) is 4. The Morgan fingerprint density at radius 1 is 1.34 bits per heavy atom. The number of hydrogen-bond donors (Lipinski definition) is 2. The third-order valence-corrected chi connectivity index (χ3v) is 6.60. The molecule has 6 nitrogen and oxygen atoms in total. The number of H-pyrrole nitrogens is 1. The summed E-state index contributed by atoms with van der Waals surface area (Å²) in [6.07, 6.45) is 9.09. The van der Waals surface area contributed by atoms with Gasteiger partial charge in [-0.1, -0.05) is 30.9 Å². The number of nitrogens with one attached hydrogen (secondary N) is 1. The number of rotatable bonds is 5. The van der Waals surface area contributed by atoms with Gasteiger partial charge in [0.2, 0.25) is 0 Å². The lowest BCUT2D eigenvalue weighted by atomic mass is 9.96. The minimum Gasteiger partial charge on any atom is -0.478 e. The van der Waals surface area contributed by atoms with Crippen LogP contribution in [0.15, 0.2) is 40.4 Å². The van der Waals surface area contributed by atoms with Crippen LogP contribution in [0.4, 0.5) is 0 Å². The number of aromatic nitrogens is 1. The van der Waals surface area contributed by atoms with Gasteiger partial charge < -0.3 is 10.1 Å². The monoisotopic (exact) mass is 431 g/mol. The van der Waals surface area contributed by atoms with E-state index in [1.807, 2.05) is 24.4 Å². The van der Waals surface area contributed by atoms with Crippen LogP contribution < -0.4 is 0 Å². The normalized spacial score (nSPS) is 21.0. The predicted molar refractivity (Wildman–Crippen MR) is 116 cm³/mol. The Kier molecular flexibility index (Phi) is 5.96. The zero-order valence-electron chi connectivity index (χ0n) is 15.9. The van der Waals surface area contributed by atoms with Crippen molar-refractivity contribution in [2.45, 2.75) is 44.6 Å². The molecular formula is C21H22ClN3O3S. The largest absolute Gasteiger partial charge is 0.478 e. The van der Waals surface area contributed by atoms with E-state index in [1.165, 1.54) is 18.2 Å². The molecule has 1 aromatic heterocycles. The zero-order chi connectivity index (χ0) is 20.4. The van der Waals surface area contributed by atoms with E-state index in [2.05, 4.69) is 4.98 Å². The molecule has 2 aromatic rings. The summed E-state index contributed by atoms with van der Waals surface area (Å²) in [5.41, 5.74) is 2.06. The molecule has 0 spiro atoms. The van der Waals surface area contributed by atoms with Gasteiger partial charge in [-0.25, -0.2) is 4.79 Å². The first kappa shape index (κ1) is 20.0. The second-order valence-corrected chi connectivity index (χ2v) is 8.81. The average Bonchev–Trinajstić information content (AvgIpc) is 3.21. The van der Waals surface area contributed by atoms with Crippen molar-refractivity contribution in [1.29, 1.82) is 0 Å². The average molecular weight is 432 g/mol. The molecule has 1 saturated carbocycles. The second-order valence-electron chi connectivity index (χ2n) is 7.36. The van der Waals surface area contributed by atoms with Gasteiger partial charge in [-0.15, -0.1) is 0 Å². The van der Waals surface area contributed by atoms with Crippen LogP contribution in [0.3, 0.4) is 0 Å². The van der Waals surface area contributed by atoms with Gasteiger partial charge >= 0.3 is 5.97 Å². The SMILES string of the molecule is O=C(O)C=C1SC(=NC2CCCCC2)N(CCc2c[nH]c3ccc(Cl)cc23)C1=O. The molecule has 0 unspecified atom stereocenters. The molecule has 1 aliphatic carbocycles. The van der Waals surface area contributed by atoms with Gasteiger partial charge in [0.25, 0.3) is 5.91 Å². The highest BCUT2D eigenvalue weighted by molar-refractivity contribution is 8.18. The van der Waals surface area contributed by atoms with Gasteiger partial charge in [0, 0.05) is 34.7 Å². The quantitative estimate of drug-likeness (QED) is 0.677. The first-order chi connectivity index (χ1) is 14.0.